The molecule has 1 aliphatic heterocycles. The van der Waals surface area contributed by atoms with Crippen LogP contribution in [0.1, 0.15) is 26.3 Å². The largest absolute Gasteiger partial charge is 0.315 e. The van der Waals surface area contributed by atoms with E-state index in [4.69, 9.17) is 0 Å². The zero-order valence-corrected chi connectivity index (χ0v) is 10.5. The lowest BCUT2D eigenvalue weighted by Gasteiger charge is -2.30. The SMILES string of the molecule is CC1=NN(C(C)C)CC1(NO)c1ccccc1. The minimum atomic E-state index is -0.578. The summed E-state index contributed by atoms with van der Waals surface area (Å²) in [5.74, 6) is 0. The normalized spacial score (nSPS) is 24.3. The molecule has 2 N–H and O–H groups in total. The zero-order chi connectivity index (χ0) is 12.5. The molecule has 1 unspecified atom stereocenters. The van der Waals surface area contributed by atoms with Crippen molar-refractivity contribution in [2.24, 2.45) is 5.10 Å². The summed E-state index contributed by atoms with van der Waals surface area (Å²) in [4.78, 5) is 0. The van der Waals surface area contributed by atoms with Crippen LogP contribution in [-0.4, -0.2) is 28.5 Å². The van der Waals surface area contributed by atoms with Crippen LogP contribution in [0.15, 0.2) is 35.4 Å². The van der Waals surface area contributed by atoms with E-state index in [1.54, 1.807) is 0 Å². The molecule has 1 aromatic rings. The molecule has 2 rings (SSSR count). The number of benzene rings is 1. The lowest BCUT2D eigenvalue weighted by molar-refractivity contribution is 0.0783. The molecule has 0 spiro atoms. The summed E-state index contributed by atoms with van der Waals surface area (Å²) in [7, 11) is 0. The average Bonchev–Trinajstić information content (AvgIpc) is 2.69. The Morgan fingerprint density at radius 3 is 2.47 bits per heavy atom. The van der Waals surface area contributed by atoms with Crippen molar-refractivity contribution < 1.29 is 5.21 Å². The van der Waals surface area contributed by atoms with E-state index in [1.165, 1.54) is 0 Å². The first-order chi connectivity index (χ1) is 8.10. The molecule has 1 aromatic carbocycles. The van der Waals surface area contributed by atoms with Crippen LogP contribution < -0.4 is 5.48 Å². The van der Waals surface area contributed by atoms with E-state index < -0.39 is 5.54 Å². The zero-order valence-electron chi connectivity index (χ0n) is 10.5. The highest BCUT2D eigenvalue weighted by Gasteiger charge is 2.42. The number of hydrogen-bond acceptors (Lipinski definition) is 4. The third-order valence-corrected chi connectivity index (χ3v) is 3.35. The van der Waals surface area contributed by atoms with Crippen LogP contribution in [0.5, 0.6) is 0 Å². The minimum Gasteiger partial charge on any atom is -0.315 e. The number of nitrogens with zero attached hydrogens (tertiary/aromatic N) is 2. The standard InChI is InChI=1S/C13H19N3O/c1-10(2)16-9-13(15-17,11(3)14-16)12-7-5-4-6-8-12/h4-8,10,15,17H,9H2,1-3H3. The molecule has 0 bridgehead atoms. The molecule has 1 aliphatic rings. The first-order valence-electron chi connectivity index (χ1n) is 5.89. The second-order valence-corrected chi connectivity index (χ2v) is 4.76. The molecule has 0 aliphatic carbocycles. The predicted octanol–water partition coefficient (Wildman–Crippen LogP) is 1.96. The van der Waals surface area contributed by atoms with Crippen LogP contribution in [0.2, 0.25) is 0 Å². The minimum absolute atomic E-state index is 0.323. The summed E-state index contributed by atoms with van der Waals surface area (Å²) < 4.78 is 0. The Balaban J connectivity index is 2.38. The molecule has 4 heteroatoms. The molecule has 0 fully saturated rings. The maximum atomic E-state index is 9.58. The van der Waals surface area contributed by atoms with Crippen LogP contribution in [0.3, 0.4) is 0 Å². The van der Waals surface area contributed by atoms with Gasteiger partial charge in [-0.05, 0) is 26.3 Å². The van der Waals surface area contributed by atoms with Gasteiger partial charge in [0.15, 0.2) is 0 Å². The fraction of sp³-hybridized carbons (Fsp3) is 0.462. The van der Waals surface area contributed by atoms with Gasteiger partial charge >= 0.3 is 0 Å². The fourth-order valence-corrected chi connectivity index (χ4v) is 2.17. The van der Waals surface area contributed by atoms with Gasteiger partial charge in [-0.15, -0.1) is 0 Å². The Hall–Kier alpha value is -1.39. The van der Waals surface area contributed by atoms with Crippen molar-refractivity contribution in [2.75, 3.05) is 6.54 Å². The van der Waals surface area contributed by atoms with Crippen molar-refractivity contribution in [3.05, 3.63) is 35.9 Å². The van der Waals surface area contributed by atoms with E-state index in [2.05, 4.69) is 24.4 Å². The fourth-order valence-electron chi connectivity index (χ4n) is 2.17. The Morgan fingerprint density at radius 1 is 1.35 bits per heavy atom. The first-order valence-corrected chi connectivity index (χ1v) is 5.89. The molecule has 0 amide bonds. The second kappa shape index (κ2) is 4.47. The molecule has 0 aromatic heterocycles. The highest BCUT2D eigenvalue weighted by Crippen LogP contribution is 2.30. The van der Waals surface area contributed by atoms with Gasteiger partial charge in [-0.1, -0.05) is 30.3 Å². The summed E-state index contributed by atoms with van der Waals surface area (Å²) in [5, 5.41) is 16.1. The maximum Gasteiger partial charge on any atom is 0.126 e. The molecule has 0 saturated carbocycles. The molecule has 0 saturated heterocycles. The molecule has 1 atom stereocenters. The molecule has 1 heterocycles. The third kappa shape index (κ3) is 1.94. The molecular weight excluding hydrogens is 214 g/mol. The van der Waals surface area contributed by atoms with E-state index in [9.17, 15) is 5.21 Å². The summed E-state index contributed by atoms with van der Waals surface area (Å²) in [6, 6.07) is 10.2. The van der Waals surface area contributed by atoms with E-state index in [-0.39, 0.29) is 0 Å². The van der Waals surface area contributed by atoms with Gasteiger partial charge in [-0.3, -0.25) is 5.01 Å². The number of nitrogens with one attached hydrogen (secondary N) is 1. The highest BCUT2D eigenvalue weighted by atomic mass is 16.5. The Labute approximate surface area is 102 Å². The van der Waals surface area contributed by atoms with Gasteiger partial charge in [0.05, 0.1) is 12.3 Å². The molecule has 0 radical (unpaired) electrons. The first kappa shape index (κ1) is 12.1. The molecular formula is C13H19N3O. The van der Waals surface area contributed by atoms with Gasteiger partial charge in [0, 0.05) is 6.04 Å². The monoisotopic (exact) mass is 233 g/mol. The topological polar surface area (TPSA) is 47.9 Å². The Kier molecular flexibility index (Phi) is 3.17. The van der Waals surface area contributed by atoms with E-state index >= 15 is 0 Å². The van der Waals surface area contributed by atoms with Gasteiger partial charge in [0.1, 0.15) is 5.54 Å². The van der Waals surface area contributed by atoms with Crippen LogP contribution >= 0.6 is 0 Å². The molecule has 4 nitrogen and oxygen atoms in total. The average molecular weight is 233 g/mol. The lowest BCUT2D eigenvalue weighted by atomic mass is 9.87. The van der Waals surface area contributed by atoms with Crippen LogP contribution in [0.25, 0.3) is 0 Å². The van der Waals surface area contributed by atoms with Crippen molar-refractivity contribution in [3.8, 4) is 0 Å². The third-order valence-electron chi connectivity index (χ3n) is 3.35. The Morgan fingerprint density at radius 2 is 2.00 bits per heavy atom. The van der Waals surface area contributed by atoms with Crippen LogP contribution in [0, 0.1) is 0 Å². The summed E-state index contributed by atoms with van der Waals surface area (Å²) >= 11 is 0. The van der Waals surface area contributed by atoms with Crippen molar-refractivity contribution in [1.29, 1.82) is 0 Å². The maximum absolute atomic E-state index is 9.58. The molecule has 92 valence electrons. The highest BCUT2D eigenvalue weighted by molar-refractivity contribution is 5.93. The van der Waals surface area contributed by atoms with Gasteiger partial charge in [-0.2, -0.15) is 10.6 Å². The number of hydrazone groups is 1. The van der Waals surface area contributed by atoms with Crippen molar-refractivity contribution in [1.82, 2.24) is 10.5 Å². The quantitative estimate of drug-likeness (QED) is 0.785. The summed E-state index contributed by atoms with van der Waals surface area (Å²) in [6.45, 7) is 6.78. The summed E-state index contributed by atoms with van der Waals surface area (Å²) in [5.41, 5.74) is 3.80. The van der Waals surface area contributed by atoms with Gasteiger partial charge < -0.3 is 5.21 Å². The van der Waals surface area contributed by atoms with Gasteiger partial charge in [0.2, 0.25) is 0 Å². The van der Waals surface area contributed by atoms with E-state index in [0.717, 1.165) is 11.3 Å². The summed E-state index contributed by atoms with van der Waals surface area (Å²) in [6.07, 6.45) is 0. The van der Waals surface area contributed by atoms with Gasteiger partial charge in [0.25, 0.3) is 0 Å². The lowest BCUT2D eigenvalue weighted by Crippen LogP contribution is -2.49. The number of hydrogen-bond donors (Lipinski definition) is 2. The van der Waals surface area contributed by atoms with E-state index in [1.807, 2.05) is 42.3 Å². The number of hydroxylamine groups is 1. The number of rotatable bonds is 3. The van der Waals surface area contributed by atoms with E-state index in [0.29, 0.717) is 12.6 Å². The predicted molar refractivity (Wildman–Crippen MR) is 68.0 cm³/mol. The van der Waals surface area contributed by atoms with Gasteiger partial charge in [-0.25, -0.2) is 0 Å². The smallest absolute Gasteiger partial charge is 0.126 e. The second-order valence-electron chi connectivity index (χ2n) is 4.76. The molecule has 17 heavy (non-hydrogen) atoms. The Bertz CT molecular complexity index is 416. The van der Waals surface area contributed by atoms with Crippen molar-refractivity contribution in [2.45, 2.75) is 32.4 Å². The van der Waals surface area contributed by atoms with Crippen molar-refractivity contribution >= 4 is 5.71 Å². The van der Waals surface area contributed by atoms with Crippen LogP contribution in [0.4, 0.5) is 0 Å². The van der Waals surface area contributed by atoms with Crippen molar-refractivity contribution in [3.63, 3.8) is 0 Å². The van der Waals surface area contributed by atoms with Crippen LogP contribution in [-0.2, 0) is 5.54 Å².